The van der Waals surface area contributed by atoms with E-state index in [-0.39, 0.29) is 36.2 Å². The maximum Gasteiger partial charge on any atom is 0.247 e. The Morgan fingerprint density at radius 2 is 2.18 bits per heavy atom. The summed E-state index contributed by atoms with van der Waals surface area (Å²) in [6, 6.07) is 2.31. The van der Waals surface area contributed by atoms with E-state index in [2.05, 4.69) is 27.0 Å². The van der Waals surface area contributed by atoms with E-state index in [9.17, 15) is 9.59 Å². The highest BCUT2D eigenvalue weighted by Crippen LogP contribution is 2.45. The van der Waals surface area contributed by atoms with Crippen LogP contribution in [0.4, 0.5) is 0 Å². The average Bonchev–Trinajstić information content (AvgIpc) is 3.53. The van der Waals surface area contributed by atoms with Gasteiger partial charge in [-0.1, -0.05) is 5.57 Å². The van der Waals surface area contributed by atoms with Gasteiger partial charge in [0.25, 0.3) is 0 Å². The van der Waals surface area contributed by atoms with Crippen molar-refractivity contribution in [2.75, 3.05) is 19.6 Å². The van der Waals surface area contributed by atoms with Crippen molar-refractivity contribution in [3.8, 4) is 6.07 Å². The number of carbonyl (C=O) groups excluding carboxylic acids is 2. The molecule has 3 unspecified atom stereocenters. The Kier molecular flexibility index (Phi) is 5.49. The molecule has 0 radical (unpaired) electrons. The molecule has 0 aromatic carbocycles. The average molecular weight is 383 g/mol. The normalized spacial score (nSPS) is 31.2. The number of carbonyl (C=O) groups is 2. The lowest BCUT2D eigenvalue weighted by Gasteiger charge is -2.39. The molecule has 3 N–H and O–H groups in total. The molecule has 2 amide bonds. The molecule has 1 saturated heterocycles. The van der Waals surface area contributed by atoms with Gasteiger partial charge >= 0.3 is 0 Å². The summed E-state index contributed by atoms with van der Waals surface area (Å²) < 4.78 is 0. The van der Waals surface area contributed by atoms with Crippen molar-refractivity contribution in [3.05, 3.63) is 11.1 Å². The number of nitrogens with one attached hydrogen (secondary N) is 3. The molecule has 7 heteroatoms. The van der Waals surface area contributed by atoms with E-state index in [1.54, 1.807) is 0 Å². The molecule has 4 atom stereocenters. The van der Waals surface area contributed by atoms with Gasteiger partial charge in [-0.2, -0.15) is 5.26 Å². The predicted octanol–water partition coefficient (Wildman–Crippen LogP) is 1.07. The van der Waals surface area contributed by atoms with Crippen LogP contribution < -0.4 is 16.0 Å². The molecule has 28 heavy (non-hydrogen) atoms. The third-order valence-corrected chi connectivity index (χ3v) is 6.50. The minimum Gasteiger partial charge on any atom is -0.349 e. The zero-order valence-corrected chi connectivity index (χ0v) is 16.5. The topological polar surface area (TPSA) is 106 Å². The lowest BCUT2D eigenvalue weighted by atomic mass is 9.77. The first-order valence-corrected chi connectivity index (χ1v) is 10.5. The Morgan fingerprint density at radius 1 is 1.36 bits per heavy atom. The molecule has 150 valence electrons. The molecule has 2 fully saturated rings. The third-order valence-electron chi connectivity index (χ3n) is 6.50. The number of hydrogen-bond donors (Lipinski definition) is 3. The van der Waals surface area contributed by atoms with Crippen LogP contribution in [0.2, 0.25) is 0 Å². The second kappa shape index (κ2) is 8.04. The van der Waals surface area contributed by atoms with Crippen molar-refractivity contribution in [2.24, 2.45) is 22.7 Å². The Balaban J connectivity index is 1.44. The molecule has 0 aromatic rings. The highest BCUT2D eigenvalue weighted by molar-refractivity contribution is 6.01. The molecule has 4 rings (SSSR count). The van der Waals surface area contributed by atoms with Gasteiger partial charge in [0, 0.05) is 29.8 Å². The molecule has 0 bridgehead atoms. The molecular formula is C21H29N5O2. The number of amides is 2. The number of fused-ring (bicyclic) bond motifs is 1. The number of nitriles is 1. The molecule has 1 aliphatic carbocycles. The number of rotatable bonds is 5. The third kappa shape index (κ3) is 3.97. The van der Waals surface area contributed by atoms with Gasteiger partial charge in [-0.25, -0.2) is 0 Å². The minimum absolute atomic E-state index is 0.0131. The summed E-state index contributed by atoms with van der Waals surface area (Å²) >= 11 is 0. The molecule has 0 aromatic heterocycles. The van der Waals surface area contributed by atoms with E-state index in [1.165, 1.54) is 5.57 Å². The minimum atomic E-state index is -0.159. The van der Waals surface area contributed by atoms with Gasteiger partial charge in [-0.05, 0) is 51.5 Å². The summed E-state index contributed by atoms with van der Waals surface area (Å²) in [6.07, 6.45) is 4.89. The highest BCUT2D eigenvalue weighted by Gasteiger charge is 2.43. The number of nitrogens with zero attached hydrogens (tertiary/aromatic N) is 2. The second-order valence-corrected chi connectivity index (χ2v) is 8.55. The van der Waals surface area contributed by atoms with Crippen LogP contribution in [0.15, 0.2) is 16.1 Å². The monoisotopic (exact) mass is 383 g/mol. The molecule has 7 nitrogen and oxygen atoms in total. The van der Waals surface area contributed by atoms with Crippen molar-refractivity contribution in [1.82, 2.24) is 16.0 Å². The number of aliphatic imine (C=N–C) groups is 1. The highest BCUT2D eigenvalue weighted by atomic mass is 16.2. The van der Waals surface area contributed by atoms with Crippen LogP contribution in [0, 0.1) is 29.1 Å². The molecule has 3 heterocycles. The zero-order chi connectivity index (χ0) is 19.7. The lowest BCUT2D eigenvalue weighted by molar-refractivity contribution is -0.124. The van der Waals surface area contributed by atoms with E-state index >= 15 is 0 Å². The zero-order valence-electron chi connectivity index (χ0n) is 16.5. The molecule has 0 spiro atoms. The summed E-state index contributed by atoms with van der Waals surface area (Å²) in [5.74, 6) is 0.609. The first-order chi connectivity index (χ1) is 13.6. The molecule has 3 aliphatic heterocycles. The Morgan fingerprint density at radius 3 is 2.86 bits per heavy atom. The maximum atomic E-state index is 12.8. The molecule has 4 aliphatic rings. The van der Waals surface area contributed by atoms with E-state index < -0.39 is 0 Å². The fourth-order valence-electron chi connectivity index (χ4n) is 4.81. The Hall–Kier alpha value is -2.20. The van der Waals surface area contributed by atoms with Crippen LogP contribution in [-0.2, 0) is 9.59 Å². The van der Waals surface area contributed by atoms with E-state index in [4.69, 9.17) is 5.26 Å². The SMILES string of the molecule is C[C@@H](NC(=O)CC1=C(C2CC2)C2CNCCC2NC1=O)C1=NCC(C#N)CC1. The smallest absolute Gasteiger partial charge is 0.247 e. The molecule has 1 saturated carbocycles. The first kappa shape index (κ1) is 19.1. The van der Waals surface area contributed by atoms with E-state index in [1.807, 2.05) is 6.92 Å². The van der Waals surface area contributed by atoms with Crippen molar-refractivity contribution < 1.29 is 9.59 Å². The first-order valence-electron chi connectivity index (χ1n) is 10.5. The van der Waals surface area contributed by atoms with Crippen LogP contribution in [0.1, 0.15) is 45.4 Å². The Labute approximate surface area is 166 Å². The number of piperidine rings is 1. The van der Waals surface area contributed by atoms with E-state index in [0.717, 1.165) is 50.9 Å². The quantitative estimate of drug-likeness (QED) is 0.660. The van der Waals surface area contributed by atoms with Gasteiger partial charge in [0.15, 0.2) is 0 Å². The van der Waals surface area contributed by atoms with Crippen LogP contribution >= 0.6 is 0 Å². The van der Waals surface area contributed by atoms with Gasteiger partial charge in [-0.3, -0.25) is 14.6 Å². The van der Waals surface area contributed by atoms with Crippen molar-refractivity contribution in [1.29, 1.82) is 5.26 Å². The van der Waals surface area contributed by atoms with Gasteiger partial charge in [0.05, 0.1) is 31.0 Å². The van der Waals surface area contributed by atoms with Gasteiger partial charge in [-0.15, -0.1) is 0 Å². The van der Waals surface area contributed by atoms with Crippen LogP contribution in [0.25, 0.3) is 0 Å². The van der Waals surface area contributed by atoms with E-state index in [0.29, 0.717) is 24.0 Å². The fraction of sp³-hybridized carbons (Fsp3) is 0.714. The maximum absolute atomic E-state index is 12.8. The largest absolute Gasteiger partial charge is 0.349 e. The summed E-state index contributed by atoms with van der Waals surface area (Å²) in [5, 5.41) is 18.6. The summed E-state index contributed by atoms with van der Waals surface area (Å²) in [7, 11) is 0. The lowest BCUT2D eigenvalue weighted by Crippen LogP contribution is -2.54. The summed E-state index contributed by atoms with van der Waals surface area (Å²) in [5.41, 5.74) is 2.86. The molecular weight excluding hydrogens is 354 g/mol. The summed E-state index contributed by atoms with van der Waals surface area (Å²) in [4.78, 5) is 30.0. The van der Waals surface area contributed by atoms with Crippen molar-refractivity contribution in [3.63, 3.8) is 0 Å². The fourth-order valence-corrected chi connectivity index (χ4v) is 4.81. The van der Waals surface area contributed by atoms with Gasteiger partial charge < -0.3 is 16.0 Å². The summed E-state index contributed by atoms with van der Waals surface area (Å²) in [6.45, 7) is 4.26. The van der Waals surface area contributed by atoms with Crippen molar-refractivity contribution in [2.45, 2.75) is 57.5 Å². The van der Waals surface area contributed by atoms with Crippen LogP contribution in [0.3, 0.4) is 0 Å². The van der Waals surface area contributed by atoms with Gasteiger partial charge in [0.1, 0.15) is 0 Å². The standard InChI is InChI=1S/C21H29N5O2/c1-12(17-5-2-13(9-22)10-24-17)25-19(27)8-15-20(14-3-4-14)16-11-23-7-6-18(16)26-21(15)28/h12-14,16,18,23H,2-8,10-11H2,1H3,(H,25,27)(H,26,28)/t12-,13?,16?,18?/m1/s1. The van der Waals surface area contributed by atoms with Crippen LogP contribution in [0.5, 0.6) is 0 Å². The number of hydrogen-bond acceptors (Lipinski definition) is 5. The van der Waals surface area contributed by atoms with Gasteiger partial charge in [0.2, 0.25) is 11.8 Å². The van der Waals surface area contributed by atoms with Crippen molar-refractivity contribution >= 4 is 17.5 Å². The van der Waals surface area contributed by atoms with Crippen LogP contribution in [-0.4, -0.2) is 49.2 Å². The predicted molar refractivity (Wildman–Crippen MR) is 106 cm³/mol. The second-order valence-electron chi connectivity index (χ2n) is 8.55. The Bertz CT molecular complexity index is 761.